The van der Waals surface area contributed by atoms with Crippen LogP contribution in [0.15, 0.2) is 18.5 Å². The van der Waals surface area contributed by atoms with E-state index >= 15 is 0 Å². The first-order chi connectivity index (χ1) is 6.61. The molecule has 0 saturated carbocycles. The zero-order valence-electron chi connectivity index (χ0n) is 8.56. The number of rotatable bonds is 4. The van der Waals surface area contributed by atoms with Crippen LogP contribution in [0.25, 0.3) is 0 Å². The molecule has 0 saturated heterocycles. The first kappa shape index (κ1) is 12.0. The van der Waals surface area contributed by atoms with Gasteiger partial charge in [0.25, 0.3) is 0 Å². The summed E-state index contributed by atoms with van der Waals surface area (Å²) in [6.45, 7) is 4.47. The van der Waals surface area contributed by atoms with Gasteiger partial charge in [-0.25, -0.2) is 0 Å². The van der Waals surface area contributed by atoms with Crippen molar-refractivity contribution in [2.24, 2.45) is 5.41 Å². The van der Waals surface area contributed by atoms with Crippen LogP contribution in [0.3, 0.4) is 0 Å². The Hall–Kier alpha value is -0.0800. The summed E-state index contributed by atoms with van der Waals surface area (Å²) in [5.74, 6) is 0. The van der Waals surface area contributed by atoms with Crippen molar-refractivity contribution in [3.63, 3.8) is 0 Å². The average molecular weight is 277 g/mol. The fraction of sp³-hybridized carbons (Fsp3) is 0.545. The molecule has 14 heavy (non-hydrogen) atoms. The molecule has 78 valence electrons. The van der Waals surface area contributed by atoms with E-state index in [1.54, 1.807) is 12.4 Å². The van der Waals surface area contributed by atoms with E-state index in [2.05, 4.69) is 34.8 Å². The zero-order chi connectivity index (χ0) is 10.6. The Morgan fingerprint density at radius 2 is 2.29 bits per heavy atom. The summed E-state index contributed by atoms with van der Waals surface area (Å²) in [5, 5.41) is 1.77. The third-order valence-corrected chi connectivity index (χ3v) is 4.34. The summed E-state index contributed by atoms with van der Waals surface area (Å²) in [4.78, 5) is 3.98. The van der Waals surface area contributed by atoms with Crippen LogP contribution in [-0.2, 0) is 6.42 Å². The number of nitrogens with zero attached hydrogens (tertiary/aromatic N) is 1. The maximum Gasteiger partial charge on any atom is 0.0621 e. The lowest BCUT2D eigenvalue weighted by Gasteiger charge is -2.26. The van der Waals surface area contributed by atoms with Gasteiger partial charge in [0.05, 0.1) is 5.02 Å². The third-order valence-electron chi connectivity index (χ3n) is 2.65. The Balaban J connectivity index is 2.82. The molecule has 0 radical (unpaired) electrons. The molecule has 3 heteroatoms. The van der Waals surface area contributed by atoms with Crippen molar-refractivity contribution in [1.29, 1.82) is 0 Å². The van der Waals surface area contributed by atoms with Gasteiger partial charge in [0.15, 0.2) is 0 Å². The van der Waals surface area contributed by atoms with Crippen molar-refractivity contribution in [1.82, 2.24) is 4.98 Å². The third kappa shape index (κ3) is 2.96. The maximum absolute atomic E-state index is 6.07. The molecule has 0 N–H and O–H groups in total. The molecule has 0 amide bonds. The molecule has 1 aromatic rings. The van der Waals surface area contributed by atoms with Crippen LogP contribution >= 0.6 is 27.5 Å². The highest BCUT2D eigenvalue weighted by Crippen LogP contribution is 2.30. The first-order valence-corrected chi connectivity index (χ1v) is 6.25. The Morgan fingerprint density at radius 1 is 1.57 bits per heavy atom. The molecule has 0 aliphatic carbocycles. The van der Waals surface area contributed by atoms with E-state index in [9.17, 15) is 0 Å². The number of hydrogen-bond acceptors (Lipinski definition) is 1. The maximum atomic E-state index is 6.07. The molecular formula is C11H15BrClN. The summed E-state index contributed by atoms with van der Waals surface area (Å²) in [5.41, 5.74) is 1.47. The molecule has 1 nitrogen and oxygen atoms in total. The van der Waals surface area contributed by atoms with Crippen molar-refractivity contribution in [2.45, 2.75) is 26.7 Å². The molecule has 0 bridgehead atoms. The highest BCUT2D eigenvalue weighted by Gasteiger charge is 2.21. The van der Waals surface area contributed by atoms with Gasteiger partial charge in [-0.1, -0.05) is 41.4 Å². The minimum absolute atomic E-state index is 0.283. The monoisotopic (exact) mass is 275 g/mol. The Bertz CT molecular complexity index is 297. The van der Waals surface area contributed by atoms with Crippen molar-refractivity contribution in [2.75, 3.05) is 5.33 Å². The van der Waals surface area contributed by atoms with Crippen LogP contribution in [0.1, 0.15) is 25.8 Å². The molecule has 0 aliphatic rings. The molecule has 0 aliphatic heterocycles. The van der Waals surface area contributed by atoms with E-state index in [4.69, 9.17) is 11.6 Å². The summed E-state index contributed by atoms with van der Waals surface area (Å²) in [6, 6.07) is 2.00. The molecule has 0 spiro atoms. The van der Waals surface area contributed by atoms with Gasteiger partial charge in [-0.15, -0.1) is 0 Å². The van der Waals surface area contributed by atoms with Crippen LogP contribution in [0.5, 0.6) is 0 Å². The van der Waals surface area contributed by atoms with E-state index < -0.39 is 0 Å². The number of alkyl halides is 1. The lowest BCUT2D eigenvalue weighted by atomic mass is 9.83. The Labute approximate surface area is 99.0 Å². The van der Waals surface area contributed by atoms with Gasteiger partial charge in [-0.3, -0.25) is 4.98 Å². The first-order valence-electron chi connectivity index (χ1n) is 4.75. The standard InChI is InChI=1S/C11H15BrClN/c1-3-11(2,8-12)6-9-4-5-14-7-10(9)13/h4-5,7H,3,6,8H2,1-2H3. The second-order valence-corrected chi connectivity index (χ2v) is 4.91. The van der Waals surface area contributed by atoms with Crippen molar-refractivity contribution < 1.29 is 0 Å². The van der Waals surface area contributed by atoms with Gasteiger partial charge in [0.2, 0.25) is 0 Å². The SMILES string of the molecule is CCC(C)(CBr)Cc1ccncc1Cl. The zero-order valence-corrected chi connectivity index (χ0v) is 10.9. The van der Waals surface area contributed by atoms with Gasteiger partial charge in [0.1, 0.15) is 0 Å². The van der Waals surface area contributed by atoms with Crippen LogP contribution < -0.4 is 0 Å². The smallest absolute Gasteiger partial charge is 0.0621 e. The van der Waals surface area contributed by atoms with E-state index in [1.807, 2.05) is 6.07 Å². The molecule has 1 aromatic heterocycles. The normalized spacial score (nSPS) is 15.1. The summed E-state index contributed by atoms with van der Waals surface area (Å²) in [6.07, 6.45) is 5.64. The average Bonchev–Trinajstić information content (AvgIpc) is 2.21. The second-order valence-electron chi connectivity index (χ2n) is 3.94. The van der Waals surface area contributed by atoms with Crippen LogP contribution in [-0.4, -0.2) is 10.3 Å². The van der Waals surface area contributed by atoms with Crippen LogP contribution in [0, 0.1) is 5.41 Å². The lowest BCUT2D eigenvalue weighted by molar-refractivity contribution is 0.361. The van der Waals surface area contributed by atoms with Crippen LogP contribution in [0.4, 0.5) is 0 Å². The van der Waals surface area contributed by atoms with Gasteiger partial charge in [-0.2, -0.15) is 0 Å². The van der Waals surface area contributed by atoms with Gasteiger partial charge in [0, 0.05) is 17.7 Å². The van der Waals surface area contributed by atoms with E-state index in [0.29, 0.717) is 0 Å². The summed E-state index contributed by atoms with van der Waals surface area (Å²) < 4.78 is 0. The molecule has 0 fully saturated rings. The molecule has 1 rings (SSSR count). The van der Waals surface area contributed by atoms with Crippen molar-refractivity contribution in [3.8, 4) is 0 Å². The summed E-state index contributed by atoms with van der Waals surface area (Å²) >= 11 is 9.62. The van der Waals surface area contributed by atoms with E-state index in [1.165, 1.54) is 5.56 Å². The Morgan fingerprint density at radius 3 is 2.79 bits per heavy atom. The number of halogens is 2. The van der Waals surface area contributed by atoms with Crippen molar-refractivity contribution in [3.05, 3.63) is 29.0 Å². The fourth-order valence-electron chi connectivity index (χ4n) is 1.27. The predicted octanol–water partition coefficient (Wildman–Crippen LogP) is 4.09. The quantitative estimate of drug-likeness (QED) is 0.755. The fourth-order valence-corrected chi connectivity index (χ4v) is 2.05. The highest BCUT2D eigenvalue weighted by atomic mass is 79.9. The molecule has 1 unspecified atom stereocenters. The van der Waals surface area contributed by atoms with Crippen LogP contribution in [0.2, 0.25) is 5.02 Å². The summed E-state index contributed by atoms with van der Waals surface area (Å²) in [7, 11) is 0. The predicted molar refractivity (Wildman–Crippen MR) is 65.1 cm³/mol. The molecular weight excluding hydrogens is 261 g/mol. The van der Waals surface area contributed by atoms with E-state index in [0.717, 1.165) is 23.2 Å². The number of pyridine rings is 1. The number of aromatic nitrogens is 1. The van der Waals surface area contributed by atoms with Crippen molar-refractivity contribution >= 4 is 27.5 Å². The number of hydrogen-bond donors (Lipinski definition) is 0. The second kappa shape index (κ2) is 5.13. The molecule has 1 heterocycles. The minimum atomic E-state index is 0.283. The Kier molecular flexibility index (Phi) is 4.39. The van der Waals surface area contributed by atoms with Gasteiger partial charge in [-0.05, 0) is 29.9 Å². The van der Waals surface area contributed by atoms with E-state index in [-0.39, 0.29) is 5.41 Å². The largest absolute Gasteiger partial charge is 0.263 e. The lowest BCUT2D eigenvalue weighted by Crippen LogP contribution is -2.20. The van der Waals surface area contributed by atoms with Gasteiger partial charge < -0.3 is 0 Å². The highest BCUT2D eigenvalue weighted by molar-refractivity contribution is 9.09. The molecule has 1 atom stereocenters. The molecule has 0 aromatic carbocycles. The van der Waals surface area contributed by atoms with Gasteiger partial charge >= 0.3 is 0 Å². The minimum Gasteiger partial charge on any atom is -0.263 e. The topological polar surface area (TPSA) is 12.9 Å².